The van der Waals surface area contributed by atoms with E-state index in [1.807, 2.05) is 11.1 Å². The van der Waals surface area contributed by atoms with Crippen LogP contribution in [0.15, 0.2) is 23.3 Å². The molecule has 9 aliphatic rings. The van der Waals surface area contributed by atoms with Gasteiger partial charge < -0.3 is 4.74 Å². The highest BCUT2D eigenvalue weighted by atomic mass is 16.5. The Kier molecular flexibility index (Phi) is 11.0. The molecule has 0 bridgehead atoms. The fourth-order valence-electron chi connectivity index (χ4n) is 16.0. The first-order valence-corrected chi connectivity index (χ1v) is 23.3. The predicted octanol–water partition coefficient (Wildman–Crippen LogP) is 13.7. The Morgan fingerprint density at radius 3 is 1.94 bits per heavy atom. The van der Waals surface area contributed by atoms with E-state index in [0.717, 1.165) is 83.5 Å². The molecule has 274 valence electrons. The van der Waals surface area contributed by atoms with Crippen LogP contribution in [0.25, 0.3) is 0 Å². The van der Waals surface area contributed by atoms with Gasteiger partial charge in [0.2, 0.25) is 0 Å². The lowest BCUT2D eigenvalue weighted by molar-refractivity contribution is -0.0899. The summed E-state index contributed by atoms with van der Waals surface area (Å²) in [7, 11) is 0. The lowest BCUT2D eigenvalue weighted by Crippen LogP contribution is -2.49. The standard InChI is InChI=1S/C48H76O/c1-3-16-34(17-4-1)46(35-20-7-8-21-35)39-29-40(47(37-22-9-10-23-37)36-18-5-2-6-19-36)32-49-45(31-39)44-30-38-28-27-33-15-11-12-24-41(33)48(38)43-26-14-13-25-42(43)44/h18,24,33-35,37-40,42-48H,1-17,19-23,25-32H2. The van der Waals surface area contributed by atoms with E-state index in [0.29, 0.717) is 6.10 Å². The maximum absolute atomic E-state index is 7.71. The molecule has 1 saturated heterocycles. The summed E-state index contributed by atoms with van der Waals surface area (Å²) in [5, 5.41) is 0. The third-order valence-electron chi connectivity index (χ3n) is 17.8. The fourth-order valence-corrected chi connectivity index (χ4v) is 16.0. The fraction of sp³-hybridized carbons (Fsp3) is 0.917. The highest BCUT2D eigenvalue weighted by Crippen LogP contribution is 2.60. The van der Waals surface area contributed by atoms with Gasteiger partial charge >= 0.3 is 0 Å². The Hall–Kier alpha value is -0.560. The first kappa shape index (κ1) is 34.2. The Balaban J connectivity index is 1.05. The van der Waals surface area contributed by atoms with Crippen LogP contribution in [0.1, 0.15) is 186 Å². The van der Waals surface area contributed by atoms with E-state index in [1.165, 1.54) is 161 Å². The maximum Gasteiger partial charge on any atom is 0.0609 e. The second kappa shape index (κ2) is 15.8. The lowest BCUT2D eigenvalue weighted by Gasteiger charge is -2.56. The summed E-state index contributed by atoms with van der Waals surface area (Å²) in [6, 6.07) is 0. The van der Waals surface area contributed by atoms with Crippen molar-refractivity contribution in [3.05, 3.63) is 23.3 Å². The second-order valence-corrected chi connectivity index (χ2v) is 20.2. The van der Waals surface area contributed by atoms with E-state index in [-0.39, 0.29) is 0 Å². The largest absolute Gasteiger partial charge is 0.378 e. The van der Waals surface area contributed by atoms with Crippen LogP contribution in [0, 0.1) is 76.9 Å². The average molecular weight is 669 g/mol. The van der Waals surface area contributed by atoms with Crippen molar-refractivity contribution in [2.45, 2.75) is 192 Å². The number of hydrogen-bond donors (Lipinski definition) is 0. The van der Waals surface area contributed by atoms with Crippen LogP contribution in [-0.2, 0) is 4.74 Å². The molecule has 1 aliphatic heterocycles. The SMILES string of the molecule is C1=C(C(C2CCCC2)C2COC(C3CC4CCC5CCCC=C5C4C4CCCCC34)CC(C(C3CCCCC3)C3CCCC3)C2)CCCC1. The number of hydrogen-bond acceptors (Lipinski definition) is 1. The Bertz CT molecular complexity index is 1130. The van der Waals surface area contributed by atoms with Gasteiger partial charge in [-0.15, -0.1) is 0 Å². The molecule has 9 rings (SSSR count). The van der Waals surface area contributed by atoms with Crippen LogP contribution in [-0.4, -0.2) is 12.7 Å². The van der Waals surface area contributed by atoms with Crippen LogP contribution >= 0.6 is 0 Å². The van der Waals surface area contributed by atoms with Crippen LogP contribution in [0.4, 0.5) is 0 Å². The van der Waals surface area contributed by atoms with E-state index in [9.17, 15) is 0 Å². The van der Waals surface area contributed by atoms with Gasteiger partial charge in [0.25, 0.3) is 0 Å². The molecule has 49 heavy (non-hydrogen) atoms. The van der Waals surface area contributed by atoms with E-state index in [1.54, 1.807) is 25.7 Å². The van der Waals surface area contributed by atoms with Crippen molar-refractivity contribution in [2.24, 2.45) is 76.9 Å². The van der Waals surface area contributed by atoms with Gasteiger partial charge in [0, 0.05) is 0 Å². The summed E-state index contributed by atoms with van der Waals surface area (Å²) in [5.41, 5.74) is 3.92. The average Bonchev–Trinajstić information content (AvgIpc) is 3.85. The van der Waals surface area contributed by atoms with E-state index in [4.69, 9.17) is 4.74 Å². The van der Waals surface area contributed by atoms with Crippen molar-refractivity contribution in [3.8, 4) is 0 Å². The first-order valence-electron chi connectivity index (χ1n) is 23.3. The third-order valence-corrected chi connectivity index (χ3v) is 17.8. The van der Waals surface area contributed by atoms with Crippen molar-refractivity contribution >= 4 is 0 Å². The van der Waals surface area contributed by atoms with Gasteiger partial charge in [0.1, 0.15) is 0 Å². The third kappa shape index (κ3) is 7.10. The molecule has 0 aromatic heterocycles. The normalized spacial score (nSPS) is 42.7. The summed E-state index contributed by atoms with van der Waals surface area (Å²) in [5.74, 6) is 12.2. The maximum atomic E-state index is 7.71. The van der Waals surface area contributed by atoms with Gasteiger partial charge in [-0.25, -0.2) is 0 Å². The van der Waals surface area contributed by atoms with Crippen molar-refractivity contribution in [3.63, 3.8) is 0 Å². The zero-order valence-electron chi connectivity index (χ0n) is 31.9. The van der Waals surface area contributed by atoms with Gasteiger partial charge in [-0.05, 0) is 180 Å². The van der Waals surface area contributed by atoms with E-state index in [2.05, 4.69) is 12.2 Å². The quantitative estimate of drug-likeness (QED) is 0.245. The molecule has 11 atom stereocenters. The molecule has 1 nitrogen and oxygen atoms in total. The molecule has 7 fully saturated rings. The van der Waals surface area contributed by atoms with Gasteiger partial charge in [0.15, 0.2) is 0 Å². The minimum absolute atomic E-state index is 0.552. The van der Waals surface area contributed by atoms with Gasteiger partial charge in [-0.3, -0.25) is 0 Å². The molecule has 11 unspecified atom stereocenters. The van der Waals surface area contributed by atoms with Crippen molar-refractivity contribution < 1.29 is 4.74 Å². The van der Waals surface area contributed by atoms with Gasteiger partial charge in [-0.2, -0.15) is 0 Å². The Labute approximate surface area is 303 Å². The molecule has 1 heterocycles. The second-order valence-electron chi connectivity index (χ2n) is 20.2. The van der Waals surface area contributed by atoms with Crippen LogP contribution in [0.3, 0.4) is 0 Å². The van der Waals surface area contributed by atoms with Gasteiger partial charge in [-0.1, -0.05) is 107 Å². The molecule has 0 aromatic carbocycles. The molecule has 6 saturated carbocycles. The minimum Gasteiger partial charge on any atom is -0.378 e. The number of ether oxygens (including phenoxy) is 1. The molecule has 0 N–H and O–H groups in total. The summed E-state index contributed by atoms with van der Waals surface area (Å²) < 4.78 is 7.71. The predicted molar refractivity (Wildman–Crippen MR) is 205 cm³/mol. The highest BCUT2D eigenvalue weighted by molar-refractivity contribution is 5.21. The van der Waals surface area contributed by atoms with Gasteiger partial charge in [0.05, 0.1) is 12.7 Å². The minimum atomic E-state index is 0.552. The first-order chi connectivity index (χ1) is 24.3. The zero-order chi connectivity index (χ0) is 32.6. The summed E-state index contributed by atoms with van der Waals surface area (Å²) in [6.07, 6.45) is 49.6. The summed E-state index contributed by atoms with van der Waals surface area (Å²) >= 11 is 0. The van der Waals surface area contributed by atoms with Crippen LogP contribution in [0.2, 0.25) is 0 Å². The molecule has 1 heteroatoms. The molecule has 0 amide bonds. The number of allylic oxidation sites excluding steroid dienone is 4. The topological polar surface area (TPSA) is 9.23 Å². The molecular weight excluding hydrogens is 593 g/mol. The molecule has 0 aromatic rings. The Morgan fingerprint density at radius 1 is 0.490 bits per heavy atom. The molecule has 0 spiro atoms. The molecular formula is C48H76O. The number of fused-ring (bicyclic) bond motifs is 5. The van der Waals surface area contributed by atoms with E-state index < -0.39 is 0 Å². The zero-order valence-corrected chi connectivity index (χ0v) is 31.9. The molecule has 0 radical (unpaired) electrons. The smallest absolute Gasteiger partial charge is 0.0609 e. The lowest BCUT2D eigenvalue weighted by atomic mass is 9.50. The van der Waals surface area contributed by atoms with Crippen molar-refractivity contribution in [2.75, 3.05) is 6.61 Å². The monoisotopic (exact) mass is 669 g/mol. The van der Waals surface area contributed by atoms with Crippen molar-refractivity contribution in [1.82, 2.24) is 0 Å². The highest BCUT2D eigenvalue weighted by Gasteiger charge is 2.53. The van der Waals surface area contributed by atoms with E-state index >= 15 is 0 Å². The number of rotatable bonds is 7. The van der Waals surface area contributed by atoms with Crippen molar-refractivity contribution in [1.29, 1.82) is 0 Å². The molecule has 8 aliphatic carbocycles. The van der Waals surface area contributed by atoms with Crippen LogP contribution < -0.4 is 0 Å². The summed E-state index contributed by atoms with van der Waals surface area (Å²) in [4.78, 5) is 0. The summed E-state index contributed by atoms with van der Waals surface area (Å²) in [6.45, 7) is 1.11. The van der Waals surface area contributed by atoms with Crippen LogP contribution in [0.5, 0.6) is 0 Å². The Morgan fingerprint density at radius 2 is 1.18 bits per heavy atom.